The van der Waals surface area contributed by atoms with Crippen LogP contribution in [0.25, 0.3) is 0 Å². The van der Waals surface area contributed by atoms with Crippen molar-refractivity contribution in [3.63, 3.8) is 0 Å². The highest BCUT2D eigenvalue weighted by molar-refractivity contribution is 9.10. The third-order valence-corrected chi connectivity index (χ3v) is 4.34. The molecule has 1 aromatic rings. The maximum Gasteiger partial charge on any atom is 0.341 e. The van der Waals surface area contributed by atoms with Gasteiger partial charge in [-0.25, -0.2) is 4.79 Å². The third kappa shape index (κ3) is 2.11. The normalized spacial score (nSPS) is 29.1. The molecule has 0 aromatic heterocycles. The number of hydrogen-bond donors (Lipinski definition) is 0. The molecule has 0 spiro atoms. The predicted molar refractivity (Wildman–Crippen MR) is 76.9 cm³/mol. The van der Waals surface area contributed by atoms with Gasteiger partial charge in [-0.1, -0.05) is 41.9 Å². The van der Waals surface area contributed by atoms with E-state index in [0.717, 1.165) is 16.5 Å². The highest BCUT2D eigenvalue weighted by Gasteiger charge is 2.74. The summed E-state index contributed by atoms with van der Waals surface area (Å²) in [6.07, 6.45) is 1.36. The number of benzene rings is 1. The van der Waals surface area contributed by atoms with Crippen LogP contribution in [0, 0.1) is 0 Å². The van der Waals surface area contributed by atoms with Gasteiger partial charge in [0, 0.05) is 4.47 Å². The summed E-state index contributed by atoms with van der Waals surface area (Å²) in [7, 11) is 0. The van der Waals surface area contributed by atoms with Crippen LogP contribution in [0.4, 0.5) is 0 Å². The number of carbonyl (C=O) groups excluding carboxylic acids is 1. The molecule has 19 heavy (non-hydrogen) atoms. The molecule has 0 bridgehead atoms. The number of halogens is 1. The molecule has 0 N–H and O–H groups in total. The molecule has 1 aromatic carbocycles. The van der Waals surface area contributed by atoms with E-state index in [0.29, 0.717) is 13.0 Å². The van der Waals surface area contributed by atoms with Gasteiger partial charge < -0.3 is 9.47 Å². The topological polar surface area (TPSA) is 38.8 Å². The first-order valence-electron chi connectivity index (χ1n) is 6.69. The fourth-order valence-electron chi connectivity index (χ4n) is 2.82. The molecule has 0 radical (unpaired) electrons. The van der Waals surface area contributed by atoms with Gasteiger partial charge in [-0.3, -0.25) is 0 Å². The van der Waals surface area contributed by atoms with E-state index in [1.807, 2.05) is 45.0 Å². The number of ether oxygens (including phenoxy) is 2. The molecule has 1 saturated heterocycles. The van der Waals surface area contributed by atoms with Crippen molar-refractivity contribution in [2.24, 2.45) is 0 Å². The van der Waals surface area contributed by atoms with Gasteiger partial charge in [0.15, 0.2) is 5.60 Å². The number of carbonyl (C=O) groups is 1. The molecule has 1 heterocycles. The van der Waals surface area contributed by atoms with Crippen molar-refractivity contribution < 1.29 is 14.3 Å². The van der Waals surface area contributed by atoms with E-state index < -0.39 is 11.2 Å². The van der Waals surface area contributed by atoms with Crippen molar-refractivity contribution in [3.05, 3.63) is 34.3 Å². The first-order valence-corrected chi connectivity index (χ1v) is 7.49. The SMILES string of the molecule is CCOC(=O)C1(CC)OC1(CC)c1cccc(Br)c1. The summed E-state index contributed by atoms with van der Waals surface area (Å²) in [5, 5.41) is 0. The quantitative estimate of drug-likeness (QED) is 0.610. The number of hydrogen-bond acceptors (Lipinski definition) is 3. The lowest BCUT2D eigenvalue weighted by Crippen LogP contribution is -2.34. The summed E-state index contributed by atoms with van der Waals surface area (Å²) >= 11 is 3.47. The summed E-state index contributed by atoms with van der Waals surface area (Å²) in [5.41, 5.74) is -0.338. The molecule has 2 unspecified atom stereocenters. The molecule has 0 aliphatic carbocycles. The summed E-state index contributed by atoms with van der Waals surface area (Å²) in [4.78, 5) is 12.2. The number of rotatable bonds is 5. The van der Waals surface area contributed by atoms with Crippen molar-refractivity contribution in [2.45, 2.75) is 44.8 Å². The van der Waals surface area contributed by atoms with Gasteiger partial charge in [0.25, 0.3) is 0 Å². The van der Waals surface area contributed by atoms with E-state index >= 15 is 0 Å². The van der Waals surface area contributed by atoms with Crippen LogP contribution in [0.1, 0.15) is 39.2 Å². The van der Waals surface area contributed by atoms with E-state index in [2.05, 4.69) is 15.9 Å². The average Bonchev–Trinajstić information content (AvgIpc) is 3.10. The molecule has 2 atom stereocenters. The lowest BCUT2D eigenvalue weighted by molar-refractivity contribution is -0.149. The van der Waals surface area contributed by atoms with Gasteiger partial charge >= 0.3 is 5.97 Å². The molecule has 0 amide bonds. The van der Waals surface area contributed by atoms with E-state index in [9.17, 15) is 4.79 Å². The Kier molecular flexibility index (Phi) is 4.02. The molecule has 1 aliphatic rings. The third-order valence-electron chi connectivity index (χ3n) is 3.85. The second-order valence-electron chi connectivity index (χ2n) is 4.69. The highest BCUT2D eigenvalue weighted by atomic mass is 79.9. The first kappa shape index (κ1) is 14.5. The zero-order valence-corrected chi connectivity index (χ0v) is 13.1. The van der Waals surface area contributed by atoms with Crippen LogP contribution in [-0.2, 0) is 19.9 Å². The van der Waals surface area contributed by atoms with Crippen LogP contribution < -0.4 is 0 Å². The molecule has 2 rings (SSSR count). The Balaban J connectivity index is 2.39. The molecule has 3 nitrogen and oxygen atoms in total. The van der Waals surface area contributed by atoms with Crippen LogP contribution in [0.15, 0.2) is 28.7 Å². The van der Waals surface area contributed by atoms with E-state index in [-0.39, 0.29) is 5.97 Å². The minimum Gasteiger partial charge on any atom is -0.464 e. The lowest BCUT2D eigenvalue weighted by Gasteiger charge is -2.17. The van der Waals surface area contributed by atoms with Crippen LogP contribution in [0.2, 0.25) is 0 Å². The maximum absolute atomic E-state index is 12.2. The molecule has 1 aliphatic heterocycles. The van der Waals surface area contributed by atoms with Crippen molar-refractivity contribution >= 4 is 21.9 Å². The van der Waals surface area contributed by atoms with Gasteiger partial charge in [0.05, 0.1) is 6.61 Å². The van der Waals surface area contributed by atoms with Gasteiger partial charge in [-0.2, -0.15) is 0 Å². The zero-order chi connectivity index (χ0) is 14.1. The van der Waals surface area contributed by atoms with Crippen molar-refractivity contribution in [1.82, 2.24) is 0 Å². The van der Waals surface area contributed by atoms with Crippen molar-refractivity contribution in [3.8, 4) is 0 Å². The van der Waals surface area contributed by atoms with Gasteiger partial charge in [0.1, 0.15) is 5.60 Å². The smallest absolute Gasteiger partial charge is 0.341 e. The molecular weight excluding hydrogens is 308 g/mol. The van der Waals surface area contributed by atoms with Crippen LogP contribution >= 0.6 is 15.9 Å². The average molecular weight is 327 g/mol. The molecular formula is C15H19BrO3. The zero-order valence-electron chi connectivity index (χ0n) is 11.5. The summed E-state index contributed by atoms with van der Waals surface area (Å²) in [6.45, 7) is 6.20. The fourth-order valence-corrected chi connectivity index (χ4v) is 3.22. The second-order valence-corrected chi connectivity index (χ2v) is 5.61. The Morgan fingerprint density at radius 1 is 1.32 bits per heavy atom. The fraction of sp³-hybridized carbons (Fsp3) is 0.533. The first-order chi connectivity index (χ1) is 9.06. The summed E-state index contributed by atoms with van der Waals surface area (Å²) in [5.74, 6) is -0.251. The van der Waals surface area contributed by atoms with Gasteiger partial charge in [0.2, 0.25) is 0 Å². The Bertz CT molecular complexity index is 488. The Hall–Kier alpha value is -0.870. The van der Waals surface area contributed by atoms with Gasteiger partial charge in [-0.05, 0) is 37.5 Å². The standard InChI is InChI=1S/C15H19BrO3/c1-4-14(11-8-7-9-12(16)10-11)15(5-2,19-14)13(17)18-6-3/h7-10H,4-6H2,1-3H3. The van der Waals surface area contributed by atoms with Crippen molar-refractivity contribution in [1.29, 1.82) is 0 Å². The molecule has 4 heteroatoms. The monoisotopic (exact) mass is 326 g/mol. The summed E-state index contributed by atoms with van der Waals surface area (Å²) < 4.78 is 12.1. The van der Waals surface area contributed by atoms with E-state index in [4.69, 9.17) is 9.47 Å². The Morgan fingerprint density at radius 3 is 2.58 bits per heavy atom. The van der Waals surface area contributed by atoms with Crippen LogP contribution in [-0.4, -0.2) is 18.2 Å². The predicted octanol–water partition coefficient (Wildman–Crippen LogP) is 3.80. The van der Waals surface area contributed by atoms with Gasteiger partial charge in [-0.15, -0.1) is 0 Å². The Morgan fingerprint density at radius 2 is 2.05 bits per heavy atom. The number of esters is 1. The Labute approximate surface area is 122 Å². The molecule has 0 saturated carbocycles. The highest BCUT2D eigenvalue weighted by Crippen LogP contribution is 2.60. The lowest BCUT2D eigenvalue weighted by atomic mass is 9.82. The largest absolute Gasteiger partial charge is 0.464 e. The summed E-state index contributed by atoms with van der Waals surface area (Å²) in [6, 6.07) is 7.95. The van der Waals surface area contributed by atoms with Crippen molar-refractivity contribution in [2.75, 3.05) is 6.61 Å². The second kappa shape index (κ2) is 5.25. The molecule has 104 valence electrons. The maximum atomic E-state index is 12.2. The van der Waals surface area contributed by atoms with Crippen LogP contribution in [0.5, 0.6) is 0 Å². The minimum absolute atomic E-state index is 0.251. The molecule has 1 fully saturated rings. The van der Waals surface area contributed by atoms with E-state index in [1.165, 1.54) is 0 Å². The minimum atomic E-state index is -0.821. The number of epoxide rings is 1. The van der Waals surface area contributed by atoms with Crippen LogP contribution in [0.3, 0.4) is 0 Å². The van der Waals surface area contributed by atoms with E-state index in [1.54, 1.807) is 0 Å².